The Labute approximate surface area is 172 Å². The molecule has 1 unspecified atom stereocenters. The van der Waals surface area contributed by atoms with Crippen molar-refractivity contribution >= 4 is 17.5 Å². The van der Waals surface area contributed by atoms with Crippen molar-refractivity contribution in [3.8, 4) is 0 Å². The second kappa shape index (κ2) is 17.6. The number of allylic oxidation sites excluding steroid dienone is 2. The Morgan fingerprint density at radius 2 is 1.32 bits per heavy atom. The van der Waals surface area contributed by atoms with Crippen molar-refractivity contribution in [3.05, 3.63) is 11.6 Å². The van der Waals surface area contributed by atoms with E-state index in [1.165, 1.54) is 31.3 Å². The normalized spacial score (nSPS) is 11.7. The Morgan fingerprint density at radius 3 is 1.82 bits per heavy atom. The molecule has 0 amide bonds. The van der Waals surface area contributed by atoms with Crippen LogP contribution in [0.25, 0.3) is 0 Å². The van der Waals surface area contributed by atoms with Crippen LogP contribution in [0.5, 0.6) is 0 Å². The van der Waals surface area contributed by atoms with Gasteiger partial charge in [0.05, 0.1) is 6.61 Å². The van der Waals surface area contributed by atoms with E-state index in [0.717, 1.165) is 32.1 Å². The molecule has 0 radical (unpaired) electrons. The van der Waals surface area contributed by atoms with Crippen molar-refractivity contribution in [2.75, 3.05) is 6.61 Å². The standard InChI is InChI=1S/C24H42O4/c1-5-28-24(27)22(23(26)19-15-16-20(2)3)18-14-12-10-8-6-7-9-11-13-17-21(4)25/h16,22H,5-15,17-19H2,1-4H3. The first kappa shape index (κ1) is 26.6. The largest absolute Gasteiger partial charge is 0.465 e. The summed E-state index contributed by atoms with van der Waals surface area (Å²) in [6.07, 6.45) is 14.6. The zero-order valence-corrected chi connectivity index (χ0v) is 18.7. The number of hydrogen-bond donors (Lipinski definition) is 0. The van der Waals surface area contributed by atoms with Gasteiger partial charge in [-0.05, 0) is 47.0 Å². The van der Waals surface area contributed by atoms with E-state index in [9.17, 15) is 14.4 Å². The third-order valence-corrected chi connectivity index (χ3v) is 4.92. The predicted molar refractivity (Wildman–Crippen MR) is 115 cm³/mol. The van der Waals surface area contributed by atoms with E-state index in [0.29, 0.717) is 32.3 Å². The number of unbranched alkanes of at least 4 members (excludes halogenated alkanes) is 8. The highest BCUT2D eigenvalue weighted by atomic mass is 16.5. The van der Waals surface area contributed by atoms with Gasteiger partial charge < -0.3 is 9.53 Å². The molecule has 0 aromatic carbocycles. The van der Waals surface area contributed by atoms with Gasteiger partial charge in [-0.15, -0.1) is 0 Å². The minimum atomic E-state index is -0.591. The van der Waals surface area contributed by atoms with Gasteiger partial charge in [0, 0.05) is 12.8 Å². The fraction of sp³-hybridized carbons (Fsp3) is 0.792. The molecule has 1 atom stereocenters. The van der Waals surface area contributed by atoms with Crippen LogP contribution in [0, 0.1) is 5.92 Å². The monoisotopic (exact) mass is 394 g/mol. The van der Waals surface area contributed by atoms with Crippen molar-refractivity contribution in [2.45, 2.75) is 111 Å². The van der Waals surface area contributed by atoms with Crippen LogP contribution in [0.4, 0.5) is 0 Å². The lowest BCUT2D eigenvalue weighted by Gasteiger charge is -2.14. The molecular formula is C24H42O4. The summed E-state index contributed by atoms with van der Waals surface area (Å²) in [6.45, 7) is 7.79. The summed E-state index contributed by atoms with van der Waals surface area (Å²) in [5.41, 5.74) is 1.19. The molecule has 0 rings (SSSR count). The first-order chi connectivity index (χ1) is 13.4. The molecule has 0 aromatic heterocycles. The average Bonchev–Trinajstić information content (AvgIpc) is 2.62. The highest BCUT2D eigenvalue weighted by Crippen LogP contribution is 2.18. The van der Waals surface area contributed by atoms with Gasteiger partial charge in [0.2, 0.25) is 0 Å². The molecule has 0 N–H and O–H groups in total. The summed E-state index contributed by atoms with van der Waals surface area (Å²) in [6, 6.07) is 0. The Hall–Kier alpha value is -1.45. The van der Waals surface area contributed by atoms with Crippen LogP contribution in [0.3, 0.4) is 0 Å². The summed E-state index contributed by atoms with van der Waals surface area (Å²) < 4.78 is 5.11. The molecule has 0 saturated carbocycles. The number of hydrogen-bond acceptors (Lipinski definition) is 4. The van der Waals surface area contributed by atoms with Gasteiger partial charge in [0.25, 0.3) is 0 Å². The first-order valence-corrected chi connectivity index (χ1v) is 11.2. The van der Waals surface area contributed by atoms with Crippen LogP contribution < -0.4 is 0 Å². The van der Waals surface area contributed by atoms with Gasteiger partial charge in [0.1, 0.15) is 17.5 Å². The zero-order chi connectivity index (χ0) is 21.2. The fourth-order valence-corrected chi connectivity index (χ4v) is 3.29. The molecular weight excluding hydrogens is 352 g/mol. The minimum Gasteiger partial charge on any atom is -0.465 e. The third-order valence-electron chi connectivity index (χ3n) is 4.92. The van der Waals surface area contributed by atoms with E-state index in [4.69, 9.17) is 4.74 Å². The van der Waals surface area contributed by atoms with Crippen molar-refractivity contribution in [1.82, 2.24) is 0 Å². The number of carbonyl (C=O) groups is 3. The summed E-state index contributed by atoms with van der Waals surface area (Å²) in [4.78, 5) is 35.4. The maximum atomic E-state index is 12.4. The quantitative estimate of drug-likeness (QED) is 0.117. The molecule has 4 nitrogen and oxygen atoms in total. The molecule has 4 heteroatoms. The number of carbonyl (C=O) groups excluding carboxylic acids is 3. The summed E-state index contributed by atoms with van der Waals surface area (Å²) in [7, 11) is 0. The number of esters is 1. The molecule has 0 fully saturated rings. The maximum Gasteiger partial charge on any atom is 0.316 e. The zero-order valence-electron chi connectivity index (χ0n) is 18.7. The van der Waals surface area contributed by atoms with Crippen LogP contribution in [-0.4, -0.2) is 24.1 Å². The van der Waals surface area contributed by atoms with Crippen LogP contribution in [0.1, 0.15) is 111 Å². The van der Waals surface area contributed by atoms with E-state index in [2.05, 4.69) is 0 Å². The second-order valence-electron chi connectivity index (χ2n) is 8.01. The average molecular weight is 395 g/mol. The van der Waals surface area contributed by atoms with Gasteiger partial charge in [0.15, 0.2) is 0 Å². The first-order valence-electron chi connectivity index (χ1n) is 11.2. The summed E-state index contributed by atoms with van der Waals surface area (Å²) >= 11 is 0. The van der Waals surface area contributed by atoms with E-state index in [1.54, 1.807) is 13.8 Å². The Balaban J connectivity index is 3.95. The van der Waals surface area contributed by atoms with Crippen LogP contribution in [0.15, 0.2) is 11.6 Å². The molecule has 162 valence electrons. The molecule has 0 aliphatic rings. The molecule has 0 bridgehead atoms. The lowest BCUT2D eigenvalue weighted by molar-refractivity contribution is -0.152. The predicted octanol–water partition coefficient (Wildman–Crippen LogP) is 6.36. The number of ketones is 2. The molecule has 0 aliphatic carbocycles. The number of Topliss-reactive ketones (excluding diaryl/α,β-unsaturated/α-hetero) is 2. The molecule has 0 spiro atoms. The second-order valence-corrected chi connectivity index (χ2v) is 8.01. The molecule has 28 heavy (non-hydrogen) atoms. The van der Waals surface area contributed by atoms with E-state index >= 15 is 0 Å². The van der Waals surface area contributed by atoms with Gasteiger partial charge in [-0.25, -0.2) is 0 Å². The van der Waals surface area contributed by atoms with Gasteiger partial charge >= 0.3 is 5.97 Å². The topological polar surface area (TPSA) is 60.4 Å². The highest BCUT2D eigenvalue weighted by Gasteiger charge is 2.26. The van der Waals surface area contributed by atoms with Gasteiger partial charge in [-0.2, -0.15) is 0 Å². The molecule has 0 heterocycles. The van der Waals surface area contributed by atoms with Crippen LogP contribution in [0.2, 0.25) is 0 Å². The van der Waals surface area contributed by atoms with Crippen LogP contribution in [-0.2, 0) is 19.1 Å². The van der Waals surface area contributed by atoms with Gasteiger partial charge in [-0.3, -0.25) is 9.59 Å². The lowest BCUT2D eigenvalue weighted by Crippen LogP contribution is -2.26. The van der Waals surface area contributed by atoms with E-state index < -0.39 is 5.92 Å². The van der Waals surface area contributed by atoms with Crippen molar-refractivity contribution in [2.24, 2.45) is 5.92 Å². The lowest BCUT2D eigenvalue weighted by atomic mass is 9.93. The number of ether oxygens (including phenoxy) is 1. The summed E-state index contributed by atoms with van der Waals surface area (Å²) in [5.74, 6) is -0.639. The van der Waals surface area contributed by atoms with Crippen molar-refractivity contribution < 1.29 is 19.1 Å². The molecule has 0 saturated heterocycles. The third kappa shape index (κ3) is 15.6. The van der Waals surface area contributed by atoms with E-state index in [1.807, 2.05) is 19.9 Å². The van der Waals surface area contributed by atoms with E-state index in [-0.39, 0.29) is 17.5 Å². The molecule has 0 aromatic rings. The summed E-state index contributed by atoms with van der Waals surface area (Å²) in [5, 5.41) is 0. The Morgan fingerprint density at radius 1 is 0.786 bits per heavy atom. The Bertz CT molecular complexity index is 475. The SMILES string of the molecule is CCOC(=O)C(CCCCCCCCCCCC(C)=O)C(=O)CCC=C(C)C. The van der Waals surface area contributed by atoms with Crippen molar-refractivity contribution in [1.29, 1.82) is 0 Å². The molecule has 0 aliphatic heterocycles. The fourth-order valence-electron chi connectivity index (χ4n) is 3.29. The smallest absolute Gasteiger partial charge is 0.316 e. The highest BCUT2D eigenvalue weighted by molar-refractivity contribution is 5.99. The van der Waals surface area contributed by atoms with Crippen molar-refractivity contribution in [3.63, 3.8) is 0 Å². The van der Waals surface area contributed by atoms with Gasteiger partial charge in [-0.1, -0.05) is 63.0 Å². The number of rotatable bonds is 18. The maximum absolute atomic E-state index is 12.4. The minimum absolute atomic E-state index is 0.0153. The Kier molecular flexibility index (Phi) is 16.7. The van der Waals surface area contributed by atoms with Crippen LogP contribution >= 0.6 is 0 Å².